The molecule has 0 unspecified atom stereocenters. The van der Waals surface area contributed by atoms with Gasteiger partial charge in [-0.1, -0.05) is 36.4 Å². The zero-order valence-electron chi connectivity index (χ0n) is 38.8. The van der Waals surface area contributed by atoms with Gasteiger partial charge in [0.15, 0.2) is 5.96 Å². The first-order valence-corrected chi connectivity index (χ1v) is 22.1. The number of allylic oxidation sites excluding steroid dienone is 2. The number of guanidine groups is 1. The fraction of sp³-hybridized carbons (Fsp3) is 0.265. The number of benzene rings is 4. The van der Waals surface area contributed by atoms with Crippen LogP contribution in [0.1, 0.15) is 72.2 Å². The molecule has 25 heteroatoms. The second-order valence-corrected chi connectivity index (χ2v) is 16.3. The first-order valence-electron chi connectivity index (χ1n) is 22.1. The van der Waals surface area contributed by atoms with Crippen molar-refractivity contribution in [1.82, 2.24) is 31.9 Å². The highest BCUT2D eigenvalue weighted by atomic mass is 19.4. The molecule has 16 nitrogen and oxygen atoms in total. The summed E-state index contributed by atoms with van der Waals surface area (Å²) in [4.78, 5) is 71.5. The van der Waals surface area contributed by atoms with E-state index in [0.29, 0.717) is 11.1 Å². The Morgan fingerprint density at radius 1 is 0.581 bits per heavy atom. The van der Waals surface area contributed by atoms with E-state index in [4.69, 9.17) is 0 Å². The van der Waals surface area contributed by atoms with Crippen molar-refractivity contribution in [2.75, 3.05) is 36.0 Å². The third-order valence-electron chi connectivity index (χ3n) is 11.4. The molecule has 386 valence electrons. The smallest absolute Gasteiger partial charge is 0.356 e. The number of hydrogen-bond acceptors (Lipinski definition) is 7. The lowest BCUT2D eigenvalue weighted by Gasteiger charge is -2.36. The Balaban J connectivity index is 1.12. The second kappa shape index (κ2) is 22.7. The number of nitriles is 2. The van der Waals surface area contributed by atoms with Gasteiger partial charge in [-0.3, -0.25) is 24.2 Å². The van der Waals surface area contributed by atoms with Gasteiger partial charge in [0.2, 0.25) is 0 Å². The van der Waals surface area contributed by atoms with E-state index < -0.39 is 77.5 Å². The van der Waals surface area contributed by atoms with Gasteiger partial charge in [0.05, 0.1) is 69.0 Å². The average Bonchev–Trinajstić information content (AvgIpc) is 3.35. The van der Waals surface area contributed by atoms with Gasteiger partial charge < -0.3 is 31.9 Å². The van der Waals surface area contributed by atoms with Gasteiger partial charge in [0, 0.05) is 37.6 Å². The number of amides is 7. The zero-order chi connectivity index (χ0) is 54.1. The van der Waals surface area contributed by atoms with Crippen LogP contribution in [-0.2, 0) is 26.7 Å². The van der Waals surface area contributed by atoms with Crippen LogP contribution in [0.5, 0.6) is 0 Å². The molecule has 2 aliphatic rings. The monoisotopic (exact) mass is 1040 g/mol. The number of halogens is 9. The molecule has 2 atom stereocenters. The molecule has 0 fully saturated rings. The number of carbonyl (C=O) groups is 5. The van der Waals surface area contributed by atoms with Gasteiger partial charge in [-0.05, 0) is 98.5 Å². The standard InChI is InChI=1S/C49H42F9N11O5/c1-27-37(39(31-15-11-29(25-59)12-16-31)65-45(73)68(27)35-9-3-7-33(23-35)47(50,51)52)41(70)61-19-5-21-63-44(67-43(72)49(56,57)58)64-22-6-20-62-42(71)38-28(2)69(36-10-4-8-34(24-36)48(53,54)55)46(74)66-40(38)32-17-13-30(26-60)14-18-32/h3-4,7-18,23-24,39-40H,5-6,19-22H2,1-2H3,(H,61,70)(H,62,71)(H,65,73)(H,66,74)(H2,63,64,67,72)/t39-,40-/m1/s1. The van der Waals surface area contributed by atoms with Crippen molar-refractivity contribution in [2.24, 2.45) is 4.99 Å². The molecule has 7 amide bonds. The van der Waals surface area contributed by atoms with Crippen LogP contribution in [0.4, 0.5) is 60.5 Å². The van der Waals surface area contributed by atoms with Crippen molar-refractivity contribution in [1.29, 1.82) is 10.5 Å². The average molecular weight is 1040 g/mol. The highest BCUT2D eigenvalue weighted by Crippen LogP contribution is 2.39. The van der Waals surface area contributed by atoms with Crippen LogP contribution in [0.25, 0.3) is 0 Å². The Labute approximate surface area is 415 Å². The molecular weight excluding hydrogens is 994 g/mol. The summed E-state index contributed by atoms with van der Waals surface area (Å²) in [6.45, 7) is 1.91. The fourth-order valence-electron chi connectivity index (χ4n) is 7.83. The summed E-state index contributed by atoms with van der Waals surface area (Å²) in [6, 6.07) is 19.2. The molecule has 0 saturated heterocycles. The molecule has 6 rings (SSSR count). The Hall–Kier alpha value is -8.87. The minimum atomic E-state index is -5.38. The molecule has 0 saturated carbocycles. The number of urea groups is 2. The van der Waals surface area contributed by atoms with Crippen LogP contribution in [0, 0.1) is 22.7 Å². The van der Waals surface area contributed by atoms with Gasteiger partial charge in [0.25, 0.3) is 11.8 Å². The van der Waals surface area contributed by atoms with Crippen LogP contribution < -0.4 is 41.7 Å². The van der Waals surface area contributed by atoms with Gasteiger partial charge >= 0.3 is 36.5 Å². The van der Waals surface area contributed by atoms with Crippen molar-refractivity contribution < 1.29 is 63.5 Å². The quantitative estimate of drug-likeness (QED) is 0.0312. The number of anilines is 2. The fourth-order valence-corrected chi connectivity index (χ4v) is 7.83. The summed E-state index contributed by atoms with van der Waals surface area (Å²) in [5.74, 6) is -4.69. The molecule has 4 aromatic rings. The van der Waals surface area contributed by atoms with E-state index in [1.807, 2.05) is 12.1 Å². The number of hydrogen-bond donors (Lipinski definition) is 6. The molecule has 4 aromatic carbocycles. The van der Waals surface area contributed by atoms with Crippen LogP contribution >= 0.6 is 0 Å². The van der Waals surface area contributed by atoms with Crippen molar-refractivity contribution in [3.63, 3.8) is 0 Å². The first kappa shape index (κ1) is 54.5. The summed E-state index contributed by atoms with van der Waals surface area (Å²) >= 11 is 0. The number of nitrogens with one attached hydrogen (secondary N) is 6. The maximum atomic E-state index is 13.9. The highest BCUT2D eigenvalue weighted by Gasteiger charge is 2.41. The Morgan fingerprint density at radius 3 is 1.28 bits per heavy atom. The molecular formula is C49H42F9N11O5. The van der Waals surface area contributed by atoms with E-state index in [1.54, 1.807) is 0 Å². The summed E-state index contributed by atoms with van der Waals surface area (Å²) in [6.07, 6.45) is -15.0. The van der Waals surface area contributed by atoms with Gasteiger partial charge in [0.1, 0.15) is 0 Å². The first-order chi connectivity index (χ1) is 34.9. The van der Waals surface area contributed by atoms with E-state index in [9.17, 15) is 74.0 Å². The normalized spacial score (nSPS) is 16.1. The lowest BCUT2D eigenvalue weighted by molar-refractivity contribution is -0.169. The lowest BCUT2D eigenvalue weighted by atomic mass is 9.93. The van der Waals surface area contributed by atoms with E-state index in [2.05, 4.69) is 36.9 Å². The van der Waals surface area contributed by atoms with Gasteiger partial charge in [-0.2, -0.15) is 55.0 Å². The summed E-state index contributed by atoms with van der Waals surface area (Å²) in [7, 11) is 0. The largest absolute Gasteiger partial charge is 0.473 e. The predicted molar refractivity (Wildman–Crippen MR) is 248 cm³/mol. The minimum absolute atomic E-state index is 0.0246. The maximum absolute atomic E-state index is 13.9. The van der Waals surface area contributed by atoms with E-state index >= 15 is 0 Å². The van der Waals surface area contributed by atoms with Gasteiger partial charge in [-0.25, -0.2) is 9.59 Å². The molecule has 6 N–H and O–H groups in total. The van der Waals surface area contributed by atoms with E-state index in [-0.39, 0.29) is 84.1 Å². The van der Waals surface area contributed by atoms with E-state index in [1.165, 1.54) is 74.5 Å². The molecule has 0 aliphatic carbocycles. The molecule has 0 bridgehead atoms. The molecule has 0 spiro atoms. The topological polar surface area (TPSA) is 224 Å². The second-order valence-electron chi connectivity index (χ2n) is 16.3. The Morgan fingerprint density at radius 2 is 0.946 bits per heavy atom. The van der Waals surface area contributed by atoms with Crippen LogP contribution in [0.2, 0.25) is 0 Å². The van der Waals surface area contributed by atoms with Crippen molar-refractivity contribution in [3.8, 4) is 12.1 Å². The third kappa shape index (κ3) is 13.0. The predicted octanol–water partition coefficient (Wildman–Crippen LogP) is 7.89. The SMILES string of the molecule is CC1=C(C(=O)NCCCNC(=NC(=O)C(F)(F)F)NCCCNC(=O)C2=C(C)N(c3cccc(C(F)(F)F)c3)C(=O)N[C@@H]2c2ccc(C#N)cc2)[C@@H](c2ccc(C#N)cc2)NC(=O)N1c1cccc(C(F)(F)F)c1. The Bertz CT molecular complexity index is 2810. The summed E-state index contributed by atoms with van der Waals surface area (Å²) in [5.41, 5.74) is -1.61. The number of nitrogens with zero attached hydrogens (tertiary/aromatic N) is 5. The molecule has 2 aliphatic heterocycles. The maximum Gasteiger partial charge on any atom is 0.473 e. The van der Waals surface area contributed by atoms with Crippen LogP contribution in [-0.4, -0.2) is 68.1 Å². The molecule has 0 aromatic heterocycles. The number of alkyl halides is 9. The molecule has 74 heavy (non-hydrogen) atoms. The zero-order valence-corrected chi connectivity index (χ0v) is 38.8. The number of aliphatic imine (C=N–C) groups is 1. The lowest BCUT2D eigenvalue weighted by Crippen LogP contribution is -2.49. The van der Waals surface area contributed by atoms with Crippen molar-refractivity contribution in [3.05, 3.63) is 153 Å². The van der Waals surface area contributed by atoms with Gasteiger partial charge in [-0.15, -0.1) is 0 Å². The third-order valence-corrected chi connectivity index (χ3v) is 11.4. The van der Waals surface area contributed by atoms with Crippen molar-refractivity contribution >= 4 is 47.1 Å². The molecule has 2 heterocycles. The molecule has 0 radical (unpaired) electrons. The number of carbonyl (C=O) groups excluding carboxylic acids is 5. The van der Waals surface area contributed by atoms with Crippen LogP contribution in [0.15, 0.2) is 125 Å². The highest BCUT2D eigenvalue weighted by molar-refractivity contribution is 6.06. The summed E-state index contributed by atoms with van der Waals surface area (Å²) < 4.78 is 122. The summed E-state index contributed by atoms with van der Waals surface area (Å²) in [5, 5.41) is 34.2. The Kier molecular flexibility index (Phi) is 16.7. The van der Waals surface area contributed by atoms with E-state index in [0.717, 1.165) is 46.2 Å². The minimum Gasteiger partial charge on any atom is -0.356 e. The van der Waals surface area contributed by atoms with Crippen LogP contribution in [0.3, 0.4) is 0 Å². The number of rotatable bonds is 14. The van der Waals surface area contributed by atoms with Crippen molar-refractivity contribution in [2.45, 2.75) is 57.3 Å².